The topological polar surface area (TPSA) is 58.4 Å². The molecule has 0 aliphatic carbocycles. The first-order valence-electron chi connectivity index (χ1n) is 6.36. The van der Waals surface area contributed by atoms with Gasteiger partial charge in [-0.25, -0.2) is 4.79 Å². The fourth-order valence-corrected chi connectivity index (χ4v) is 2.52. The number of amides is 2. The molecular weight excluding hydrogens is 274 g/mol. The molecule has 2 amide bonds. The van der Waals surface area contributed by atoms with Crippen LogP contribution in [-0.2, 0) is 6.42 Å². The smallest absolute Gasteiger partial charge is 0.326 e. The summed E-state index contributed by atoms with van der Waals surface area (Å²) in [6.07, 6.45) is 0.788. The summed E-state index contributed by atoms with van der Waals surface area (Å²) >= 11 is 5.82. The lowest BCUT2D eigenvalue weighted by Crippen LogP contribution is -2.33. The third-order valence-electron chi connectivity index (χ3n) is 3.40. The average molecular weight is 288 g/mol. The highest BCUT2D eigenvalue weighted by atomic mass is 35.5. The fraction of sp³-hybridized carbons (Fsp3) is 0.133. The van der Waals surface area contributed by atoms with Crippen LogP contribution in [-0.4, -0.2) is 12.6 Å². The number of benzene rings is 2. The van der Waals surface area contributed by atoms with Crippen molar-refractivity contribution in [1.29, 1.82) is 0 Å². The second kappa shape index (κ2) is 5.06. The minimum atomic E-state index is -0.156. The van der Waals surface area contributed by atoms with Gasteiger partial charge in [0.15, 0.2) is 0 Å². The molecule has 0 unspecified atom stereocenters. The molecule has 0 aromatic heterocycles. The number of carbonyl (C=O) groups is 1. The molecule has 1 heterocycles. The van der Waals surface area contributed by atoms with E-state index in [9.17, 15) is 4.79 Å². The number of halogens is 1. The molecule has 0 saturated heterocycles. The number of anilines is 3. The Balaban J connectivity index is 1.80. The van der Waals surface area contributed by atoms with E-state index in [-0.39, 0.29) is 6.03 Å². The number of urea groups is 1. The van der Waals surface area contributed by atoms with Crippen LogP contribution in [0.2, 0.25) is 5.02 Å². The predicted octanol–water partition coefficient (Wildman–Crippen LogP) is 3.52. The number of hydrogen-bond acceptors (Lipinski definition) is 2. The van der Waals surface area contributed by atoms with E-state index in [0.717, 1.165) is 29.0 Å². The number of fused-ring (bicyclic) bond motifs is 1. The molecule has 0 saturated carbocycles. The molecule has 0 spiro atoms. The summed E-state index contributed by atoms with van der Waals surface area (Å²) < 4.78 is 0. The molecule has 102 valence electrons. The lowest BCUT2D eigenvalue weighted by Gasteiger charge is -2.18. The number of nitrogens with one attached hydrogen (secondary N) is 1. The van der Waals surface area contributed by atoms with Crippen molar-refractivity contribution in [3.63, 3.8) is 0 Å². The van der Waals surface area contributed by atoms with Crippen molar-refractivity contribution in [3.8, 4) is 0 Å². The van der Waals surface area contributed by atoms with Crippen molar-refractivity contribution in [1.82, 2.24) is 0 Å². The van der Waals surface area contributed by atoms with Crippen LogP contribution < -0.4 is 16.0 Å². The van der Waals surface area contributed by atoms with Crippen LogP contribution >= 0.6 is 11.6 Å². The lowest BCUT2D eigenvalue weighted by molar-refractivity contribution is 0.257. The van der Waals surface area contributed by atoms with Crippen LogP contribution in [0.4, 0.5) is 21.9 Å². The highest BCUT2D eigenvalue weighted by molar-refractivity contribution is 6.30. The molecule has 3 N–H and O–H groups in total. The van der Waals surface area contributed by atoms with Gasteiger partial charge in [-0.3, -0.25) is 4.90 Å². The highest BCUT2D eigenvalue weighted by Gasteiger charge is 2.25. The zero-order chi connectivity index (χ0) is 14.1. The van der Waals surface area contributed by atoms with Crippen molar-refractivity contribution in [2.45, 2.75) is 6.42 Å². The SMILES string of the molecule is Nc1cccc2c1CCN2C(=O)Nc1ccc(Cl)cc1. The number of carbonyl (C=O) groups excluding carboxylic acids is 1. The predicted molar refractivity (Wildman–Crippen MR) is 82.4 cm³/mol. The van der Waals surface area contributed by atoms with E-state index in [1.165, 1.54) is 0 Å². The van der Waals surface area contributed by atoms with Crippen molar-refractivity contribution in [2.75, 3.05) is 22.5 Å². The highest BCUT2D eigenvalue weighted by Crippen LogP contribution is 2.32. The van der Waals surface area contributed by atoms with Gasteiger partial charge in [-0.15, -0.1) is 0 Å². The summed E-state index contributed by atoms with van der Waals surface area (Å²) in [5.74, 6) is 0. The summed E-state index contributed by atoms with van der Waals surface area (Å²) in [7, 11) is 0. The second-order valence-electron chi connectivity index (χ2n) is 4.68. The summed E-state index contributed by atoms with van der Waals surface area (Å²) in [5.41, 5.74) is 9.32. The van der Waals surface area contributed by atoms with Gasteiger partial charge in [0, 0.05) is 28.5 Å². The maximum atomic E-state index is 12.3. The van der Waals surface area contributed by atoms with Crippen molar-refractivity contribution in [2.24, 2.45) is 0 Å². The molecule has 4 nitrogen and oxygen atoms in total. The quantitative estimate of drug-likeness (QED) is 0.789. The second-order valence-corrected chi connectivity index (χ2v) is 5.12. The van der Waals surface area contributed by atoms with Gasteiger partial charge < -0.3 is 11.1 Å². The summed E-state index contributed by atoms with van der Waals surface area (Å²) in [6.45, 7) is 0.642. The van der Waals surface area contributed by atoms with E-state index in [0.29, 0.717) is 11.6 Å². The fourth-order valence-electron chi connectivity index (χ4n) is 2.40. The van der Waals surface area contributed by atoms with Crippen LogP contribution in [0, 0.1) is 0 Å². The van der Waals surface area contributed by atoms with E-state index >= 15 is 0 Å². The third kappa shape index (κ3) is 2.30. The van der Waals surface area contributed by atoms with Gasteiger partial charge in [0.25, 0.3) is 0 Å². The Labute approximate surface area is 122 Å². The molecule has 2 aromatic carbocycles. The van der Waals surface area contributed by atoms with Crippen LogP contribution in [0.5, 0.6) is 0 Å². The minimum absolute atomic E-state index is 0.156. The van der Waals surface area contributed by atoms with Gasteiger partial charge in [0.2, 0.25) is 0 Å². The largest absolute Gasteiger partial charge is 0.398 e. The van der Waals surface area contributed by atoms with Gasteiger partial charge in [-0.1, -0.05) is 17.7 Å². The average Bonchev–Trinajstić information content (AvgIpc) is 2.87. The molecule has 0 radical (unpaired) electrons. The standard InChI is InChI=1S/C15H14ClN3O/c16-10-4-6-11(7-5-10)18-15(20)19-9-8-12-13(17)2-1-3-14(12)19/h1-7H,8-9,17H2,(H,18,20). The van der Waals surface area contributed by atoms with Gasteiger partial charge in [-0.2, -0.15) is 0 Å². The first-order valence-corrected chi connectivity index (χ1v) is 6.74. The normalized spacial score (nSPS) is 13.2. The maximum Gasteiger partial charge on any atom is 0.326 e. The molecule has 0 atom stereocenters. The summed E-state index contributed by atoms with van der Waals surface area (Å²) in [6, 6.07) is 12.5. The Morgan fingerprint density at radius 2 is 1.95 bits per heavy atom. The van der Waals surface area contributed by atoms with Gasteiger partial charge in [-0.05, 0) is 42.8 Å². The number of hydrogen-bond donors (Lipinski definition) is 2. The van der Waals surface area contributed by atoms with Crippen LogP contribution in [0.3, 0.4) is 0 Å². The molecule has 1 aliphatic rings. The third-order valence-corrected chi connectivity index (χ3v) is 3.66. The van der Waals surface area contributed by atoms with E-state index in [1.807, 2.05) is 18.2 Å². The van der Waals surface area contributed by atoms with Crippen LogP contribution in [0.25, 0.3) is 0 Å². The van der Waals surface area contributed by atoms with E-state index in [2.05, 4.69) is 5.32 Å². The Hall–Kier alpha value is -2.20. The number of nitrogens with zero attached hydrogens (tertiary/aromatic N) is 1. The van der Waals surface area contributed by atoms with Crippen molar-refractivity contribution in [3.05, 3.63) is 53.1 Å². The Kier molecular flexibility index (Phi) is 3.24. The maximum absolute atomic E-state index is 12.3. The Bertz CT molecular complexity index is 655. The zero-order valence-electron chi connectivity index (χ0n) is 10.8. The summed E-state index contributed by atoms with van der Waals surface area (Å²) in [4.78, 5) is 14.0. The van der Waals surface area contributed by atoms with Crippen molar-refractivity contribution >= 4 is 34.7 Å². The number of rotatable bonds is 1. The van der Waals surface area contributed by atoms with E-state index in [1.54, 1.807) is 29.2 Å². The van der Waals surface area contributed by atoms with Crippen LogP contribution in [0.15, 0.2) is 42.5 Å². The molecule has 5 heteroatoms. The molecule has 0 bridgehead atoms. The summed E-state index contributed by atoms with van der Waals surface area (Å²) in [5, 5.41) is 3.50. The molecule has 0 fully saturated rings. The van der Waals surface area contributed by atoms with Crippen LogP contribution in [0.1, 0.15) is 5.56 Å². The number of nitrogen functional groups attached to an aromatic ring is 1. The Morgan fingerprint density at radius 3 is 2.70 bits per heavy atom. The molecule has 20 heavy (non-hydrogen) atoms. The first-order chi connectivity index (χ1) is 9.65. The van der Waals surface area contributed by atoms with Crippen molar-refractivity contribution < 1.29 is 4.79 Å². The van der Waals surface area contributed by atoms with Gasteiger partial charge in [0.05, 0.1) is 5.69 Å². The molecular formula is C15H14ClN3O. The molecule has 1 aliphatic heterocycles. The minimum Gasteiger partial charge on any atom is -0.398 e. The monoisotopic (exact) mass is 287 g/mol. The van der Waals surface area contributed by atoms with Gasteiger partial charge in [0.1, 0.15) is 0 Å². The number of nitrogens with two attached hydrogens (primary N) is 1. The molecule has 3 rings (SSSR count). The zero-order valence-corrected chi connectivity index (χ0v) is 11.5. The first kappa shape index (κ1) is 12.8. The Morgan fingerprint density at radius 1 is 1.20 bits per heavy atom. The molecule has 2 aromatic rings. The lowest BCUT2D eigenvalue weighted by atomic mass is 10.1. The van der Waals surface area contributed by atoms with E-state index in [4.69, 9.17) is 17.3 Å². The van der Waals surface area contributed by atoms with E-state index < -0.39 is 0 Å². The van der Waals surface area contributed by atoms with Gasteiger partial charge >= 0.3 is 6.03 Å².